The van der Waals surface area contributed by atoms with Crippen molar-refractivity contribution >= 4 is 5.97 Å². The van der Waals surface area contributed by atoms with Crippen LogP contribution in [0.2, 0.25) is 0 Å². The van der Waals surface area contributed by atoms with E-state index in [1.54, 1.807) is 0 Å². The van der Waals surface area contributed by atoms with Gasteiger partial charge in [0.25, 0.3) is 0 Å². The van der Waals surface area contributed by atoms with Crippen LogP contribution in [0.25, 0.3) is 0 Å². The molecular formula is C14H21NO2. The maximum atomic E-state index is 11.5. The molecule has 1 aromatic rings. The molecule has 0 bridgehead atoms. The van der Waals surface area contributed by atoms with E-state index in [0.29, 0.717) is 18.9 Å². The summed E-state index contributed by atoms with van der Waals surface area (Å²) in [4.78, 5) is 11.5. The van der Waals surface area contributed by atoms with E-state index in [-0.39, 0.29) is 12.0 Å². The van der Waals surface area contributed by atoms with Crippen molar-refractivity contribution < 1.29 is 9.53 Å². The lowest BCUT2D eigenvalue weighted by Gasteiger charge is -2.08. The molecule has 0 aliphatic heterocycles. The lowest BCUT2D eigenvalue weighted by molar-refractivity contribution is -0.143. The van der Waals surface area contributed by atoms with Crippen LogP contribution in [0.1, 0.15) is 37.9 Å². The lowest BCUT2D eigenvalue weighted by atomic mass is 10.1. The van der Waals surface area contributed by atoms with Gasteiger partial charge in [-0.05, 0) is 24.0 Å². The molecule has 1 rings (SSSR count). The third-order valence-electron chi connectivity index (χ3n) is 2.43. The summed E-state index contributed by atoms with van der Waals surface area (Å²) in [6.07, 6.45) is 0.325. The second-order valence-corrected chi connectivity index (χ2v) is 4.78. The first kappa shape index (κ1) is 13.7. The molecular weight excluding hydrogens is 214 g/mol. The molecule has 0 saturated carbocycles. The molecule has 1 atom stereocenters. The van der Waals surface area contributed by atoms with Crippen LogP contribution < -0.4 is 5.73 Å². The molecule has 0 saturated heterocycles. The highest BCUT2D eigenvalue weighted by molar-refractivity contribution is 5.72. The van der Waals surface area contributed by atoms with Crippen molar-refractivity contribution in [3.63, 3.8) is 0 Å². The van der Waals surface area contributed by atoms with Crippen LogP contribution in [0, 0.1) is 5.92 Å². The van der Waals surface area contributed by atoms with Crippen molar-refractivity contribution in [2.45, 2.75) is 33.2 Å². The molecule has 2 N–H and O–H groups in total. The summed E-state index contributed by atoms with van der Waals surface area (Å²) in [7, 11) is 0. The first-order chi connectivity index (χ1) is 7.99. The van der Waals surface area contributed by atoms with Crippen LogP contribution >= 0.6 is 0 Å². The van der Waals surface area contributed by atoms with Crippen molar-refractivity contribution in [2.24, 2.45) is 11.7 Å². The first-order valence-corrected chi connectivity index (χ1v) is 5.99. The van der Waals surface area contributed by atoms with E-state index in [1.165, 1.54) is 0 Å². The average Bonchev–Trinajstić information content (AvgIpc) is 2.27. The molecule has 0 spiro atoms. The topological polar surface area (TPSA) is 52.3 Å². The molecule has 3 heteroatoms. The smallest absolute Gasteiger partial charge is 0.310 e. The Balaban J connectivity index is 2.48. The largest absolute Gasteiger partial charge is 0.465 e. The minimum Gasteiger partial charge on any atom is -0.465 e. The SMILES string of the molecule is CC(C)COC(=O)Cc1ccc(C(C)N)cc1. The number of ether oxygens (including phenoxy) is 1. The van der Waals surface area contributed by atoms with Gasteiger partial charge in [-0.2, -0.15) is 0 Å². The molecule has 0 heterocycles. The summed E-state index contributed by atoms with van der Waals surface area (Å²) in [5.41, 5.74) is 7.79. The molecule has 3 nitrogen and oxygen atoms in total. The van der Waals surface area contributed by atoms with Gasteiger partial charge in [0, 0.05) is 6.04 Å². The summed E-state index contributed by atoms with van der Waals surface area (Å²) < 4.78 is 5.12. The summed E-state index contributed by atoms with van der Waals surface area (Å²) in [6, 6.07) is 7.78. The normalized spacial score (nSPS) is 12.5. The van der Waals surface area contributed by atoms with Crippen molar-refractivity contribution in [1.82, 2.24) is 0 Å². The van der Waals surface area contributed by atoms with Crippen LogP contribution in [0.3, 0.4) is 0 Å². The summed E-state index contributed by atoms with van der Waals surface area (Å²) in [6.45, 7) is 6.46. The number of carbonyl (C=O) groups is 1. The lowest BCUT2D eigenvalue weighted by Crippen LogP contribution is -2.12. The standard InChI is InChI=1S/C14H21NO2/c1-10(2)9-17-14(16)8-12-4-6-13(7-5-12)11(3)15/h4-7,10-11H,8-9,15H2,1-3H3. The Morgan fingerprint density at radius 2 is 1.82 bits per heavy atom. The van der Waals surface area contributed by atoms with Gasteiger partial charge >= 0.3 is 5.97 Å². The Hall–Kier alpha value is -1.35. The van der Waals surface area contributed by atoms with E-state index in [4.69, 9.17) is 10.5 Å². The molecule has 0 aliphatic carbocycles. The highest BCUT2D eigenvalue weighted by Gasteiger charge is 2.06. The molecule has 0 aromatic heterocycles. The van der Waals surface area contributed by atoms with Crippen LogP contribution in [-0.4, -0.2) is 12.6 Å². The number of esters is 1. The summed E-state index contributed by atoms with van der Waals surface area (Å²) >= 11 is 0. The molecule has 94 valence electrons. The fourth-order valence-electron chi connectivity index (χ4n) is 1.42. The zero-order valence-corrected chi connectivity index (χ0v) is 10.8. The van der Waals surface area contributed by atoms with Crippen molar-refractivity contribution in [3.8, 4) is 0 Å². The molecule has 17 heavy (non-hydrogen) atoms. The Morgan fingerprint density at radius 1 is 1.24 bits per heavy atom. The Kier molecular flexibility index (Phi) is 5.16. The minimum absolute atomic E-state index is 0.0249. The summed E-state index contributed by atoms with van der Waals surface area (Å²) in [5, 5.41) is 0. The van der Waals surface area contributed by atoms with Gasteiger partial charge in [0.1, 0.15) is 0 Å². The van der Waals surface area contributed by atoms with Crippen LogP contribution in [-0.2, 0) is 16.0 Å². The number of hydrogen-bond acceptors (Lipinski definition) is 3. The fourth-order valence-corrected chi connectivity index (χ4v) is 1.42. The number of benzene rings is 1. The van der Waals surface area contributed by atoms with E-state index in [0.717, 1.165) is 11.1 Å². The van der Waals surface area contributed by atoms with Gasteiger partial charge in [-0.1, -0.05) is 38.1 Å². The highest BCUT2D eigenvalue weighted by atomic mass is 16.5. The predicted octanol–water partition coefficient (Wildman–Crippen LogP) is 2.45. The Morgan fingerprint density at radius 3 is 2.29 bits per heavy atom. The van der Waals surface area contributed by atoms with Crippen molar-refractivity contribution in [2.75, 3.05) is 6.61 Å². The maximum Gasteiger partial charge on any atom is 0.310 e. The molecule has 0 amide bonds. The predicted molar refractivity (Wildman–Crippen MR) is 68.5 cm³/mol. The van der Waals surface area contributed by atoms with E-state index in [1.807, 2.05) is 45.0 Å². The second kappa shape index (κ2) is 6.40. The van der Waals surface area contributed by atoms with Crippen molar-refractivity contribution in [3.05, 3.63) is 35.4 Å². The Labute approximate surface area is 103 Å². The van der Waals surface area contributed by atoms with Gasteiger partial charge in [-0.25, -0.2) is 0 Å². The van der Waals surface area contributed by atoms with Gasteiger partial charge in [0.2, 0.25) is 0 Å². The molecule has 0 radical (unpaired) electrons. The third-order valence-corrected chi connectivity index (χ3v) is 2.43. The van der Waals surface area contributed by atoms with Gasteiger partial charge in [-0.3, -0.25) is 4.79 Å². The molecule has 1 aromatic carbocycles. The minimum atomic E-state index is -0.174. The van der Waals surface area contributed by atoms with Gasteiger partial charge in [0.15, 0.2) is 0 Å². The summed E-state index contributed by atoms with van der Waals surface area (Å²) in [5.74, 6) is 0.201. The molecule has 0 aliphatic rings. The number of rotatable bonds is 5. The molecule has 1 unspecified atom stereocenters. The quantitative estimate of drug-likeness (QED) is 0.797. The van der Waals surface area contributed by atoms with Crippen molar-refractivity contribution in [1.29, 1.82) is 0 Å². The van der Waals surface area contributed by atoms with Crippen LogP contribution in [0.5, 0.6) is 0 Å². The van der Waals surface area contributed by atoms with E-state index >= 15 is 0 Å². The zero-order chi connectivity index (χ0) is 12.8. The zero-order valence-electron chi connectivity index (χ0n) is 10.8. The van der Waals surface area contributed by atoms with E-state index in [2.05, 4.69) is 0 Å². The number of carbonyl (C=O) groups excluding carboxylic acids is 1. The van der Waals surface area contributed by atoms with E-state index in [9.17, 15) is 4.79 Å². The Bertz CT molecular complexity index is 355. The second-order valence-electron chi connectivity index (χ2n) is 4.78. The van der Waals surface area contributed by atoms with Crippen LogP contribution in [0.15, 0.2) is 24.3 Å². The maximum absolute atomic E-state index is 11.5. The van der Waals surface area contributed by atoms with Gasteiger partial charge < -0.3 is 10.5 Å². The highest BCUT2D eigenvalue weighted by Crippen LogP contribution is 2.11. The number of nitrogens with two attached hydrogens (primary N) is 1. The fraction of sp³-hybridized carbons (Fsp3) is 0.500. The number of hydrogen-bond donors (Lipinski definition) is 1. The first-order valence-electron chi connectivity index (χ1n) is 5.99. The monoisotopic (exact) mass is 235 g/mol. The molecule has 0 fully saturated rings. The van der Waals surface area contributed by atoms with Gasteiger partial charge in [0.05, 0.1) is 13.0 Å². The third kappa shape index (κ3) is 5.00. The van der Waals surface area contributed by atoms with Gasteiger partial charge in [-0.15, -0.1) is 0 Å². The average molecular weight is 235 g/mol. The van der Waals surface area contributed by atoms with Crippen LogP contribution in [0.4, 0.5) is 0 Å². The van der Waals surface area contributed by atoms with E-state index < -0.39 is 0 Å².